The van der Waals surface area contributed by atoms with Crippen molar-refractivity contribution in [1.82, 2.24) is 4.90 Å². The second-order valence-corrected chi connectivity index (χ2v) is 6.79. The van der Waals surface area contributed by atoms with Crippen molar-refractivity contribution in [3.8, 4) is 0 Å². The maximum Gasteiger partial charge on any atom is 0.330 e. The number of hydrogen-bond acceptors (Lipinski definition) is 6. The maximum atomic E-state index is 12.9. The lowest BCUT2D eigenvalue weighted by Gasteiger charge is -2.25. The van der Waals surface area contributed by atoms with Crippen LogP contribution in [0.3, 0.4) is 0 Å². The molecule has 0 N–H and O–H groups in total. The molecule has 2 atom stereocenters. The monoisotopic (exact) mass is 377 g/mol. The summed E-state index contributed by atoms with van der Waals surface area (Å²) in [5.41, 5.74) is 0.247. The van der Waals surface area contributed by atoms with E-state index < -0.39 is 35.6 Å². The van der Waals surface area contributed by atoms with Gasteiger partial charge in [-0.3, -0.25) is 9.59 Å². The van der Waals surface area contributed by atoms with E-state index in [1.807, 2.05) is 0 Å². The van der Waals surface area contributed by atoms with Gasteiger partial charge < -0.3 is 14.1 Å². The van der Waals surface area contributed by atoms with E-state index in [0.29, 0.717) is 11.5 Å². The number of nitrogens with zero attached hydrogens (tertiary/aromatic N) is 1. The number of carbonyl (C=O) groups is 3. The summed E-state index contributed by atoms with van der Waals surface area (Å²) in [4.78, 5) is 37.9. The van der Waals surface area contributed by atoms with Gasteiger partial charge in [0.15, 0.2) is 12.4 Å². The summed E-state index contributed by atoms with van der Waals surface area (Å²) in [7, 11) is 0. The van der Waals surface area contributed by atoms with Crippen LogP contribution in [0.5, 0.6) is 0 Å². The van der Waals surface area contributed by atoms with Crippen molar-refractivity contribution in [3.05, 3.63) is 59.8 Å². The molecule has 136 valence electrons. The third-order valence-corrected chi connectivity index (χ3v) is 5.22. The van der Waals surface area contributed by atoms with Crippen LogP contribution in [0.2, 0.25) is 0 Å². The van der Waals surface area contributed by atoms with Gasteiger partial charge in [-0.15, -0.1) is 11.8 Å². The zero-order chi connectivity index (χ0) is 18.7. The second kappa shape index (κ2) is 7.74. The number of ketones is 1. The lowest BCUT2D eigenvalue weighted by atomic mass is 10.1. The molecule has 3 rings (SSSR count). The molecule has 0 unspecified atom stereocenters. The number of Topliss-reactive ketones (excluding diaryl/α,β-unsaturated/α-hetero) is 1. The van der Waals surface area contributed by atoms with Crippen molar-refractivity contribution in [2.75, 3.05) is 12.4 Å². The molecule has 1 fully saturated rings. The maximum absolute atomic E-state index is 12.9. The molecule has 0 aliphatic carbocycles. The SMILES string of the molecule is CC(=O)N1[C@@H](C(=O)OCC(=O)c2ccc(F)cc2)CS[C@H]1c1ccco1. The molecule has 0 spiro atoms. The molecular weight excluding hydrogens is 361 g/mol. The molecule has 1 aliphatic heterocycles. The molecule has 0 saturated carbocycles. The standard InChI is InChI=1S/C18H16FNO5S/c1-11(21)20-14(10-26-17(20)16-3-2-8-24-16)18(23)25-9-15(22)12-4-6-13(19)7-5-12/h2-8,14,17H,9-10H2,1H3/t14-,17+/m1/s1. The van der Waals surface area contributed by atoms with Crippen molar-refractivity contribution >= 4 is 29.4 Å². The Bertz CT molecular complexity index is 805. The molecule has 1 amide bonds. The number of rotatable bonds is 5. The van der Waals surface area contributed by atoms with Crippen LogP contribution in [-0.2, 0) is 14.3 Å². The number of furan rings is 1. The van der Waals surface area contributed by atoms with Crippen LogP contribution < -0.4 is 0 Å². The fraction of sp³-hybridized carbons (Fsp3) is 0.278. The molecule has 0 radical (unpaired) electrons. The Labute approximate surface area is 153 Å². The largest absolute Gasteiger partial charge is 0.466 e. The van der Waals surface area contributed by atoms with Crippen LogP contribution in [0.1, 0.15) is 28.4 Å². The van der Waals surface area contributed by atoms with E-state index >= 15 is 0 Å². The highest BCUT2D eigenvalue weighted by molar-refractivity contribution is 7.99. The highest BCUT2D eigenvalue weighted by Gasteiger charge is 2.43. The van der Waals surface area contributed by atoms with E-state index in [0.717, 1.165) is 12.1 Å². The summed E-state index contributed by atoms with van der Waals surface area (Å²) >= 11 is 1.39. The predicted octanol–water partition coefficient (Wildman–Crippen LogP) is 2.81. The van der Waals surface area contributed by atoms with Crippen molar-refractivity contribution in [3.63, 3.8) is 0 Å². The van der Waals surface area contributed by atoms with E-state index in [9.17, 15) is 18.8 Å². The smallest absolute Gasteiger partial charge is 0.330 e. The van der Waals surface area contributed by atoms with E-state index in [2.05, 4.69) is 0 Å². The van der Waals surface area contributed by atoms with E-state index in [1.54, 1.807) is 12.1 Å². The fourth-order valence-electron chi connectivity index (χ4n) is 2.68. The summed E-state index contributed by atoms with van der Waals surface area (Å²) in [6.07, 6.45) is 1.50. The normalized spacial score (nSPS) is 19.4. The first kappa shape index (κ1) is 18.2. The minimum atomic E-state index is -0.798. The van der Waals surface area contributed by atoms with Crippen LogP contribution in [0.15, 0.2) is 47.1 Å². The van der Waals surface area contributed by atoms with Crippen LogP contribution in [0.4, 0.5) is 4.39 Å². The molecule has 0 bridgehead atoms. The molecule has 6 nitrogen and oxygen atoms in total. The number of ether oxygens (including phenoxy) is 1. The Morgan fingerprint density at radius 1 is 1.27 bits per heavy atom. The Morgan fingerprint density at radius 3 is 2.62 bits per heavy atom. The third kappa shape index (κ3) is 3.80. The van der Waals surface area contributed by atoms with Gasteiger partial charge in [-0.2, -0.15) is 0 Å². The Morgan fingerprint density at radius 2 is 2.00 bits per heavy atom. The molecule has 1 saturated heterocycles. The van der Waals surface area contributed by atoms with Gasteiger partial charge in [0, 0.05) is 18.2 Å². The van der Waals surface area contributed by atoms with Gasteiger partial charge in [0.1, 0.15) is 23.0 Å². The van der Waals surface area contributed by atoms with Gasteiger partial charge in [-0.05, 0) is 36.4 Å². The van der Waals surface area contributed by atoms with Crippen LogP contribution in [0, 0.1) is 5.82 Å². The summed E-state index contributed by atoms with van der Waals surface area (Å²) in [6.45, 7) is 0.897. The lowest BCUT2D eigenvalue weighted by Crippen LogP contribution is -2.43. The number of amides is 1. The van der Waals surface area contributed by atoms with Crippen molar-refractivity contribution < 1.29 is 27.9 Å². The van der Waals surface area contributed by atoms with Gasteiger partial charge >= 0.3 is 5.97 Å². The number of benzene rings is 1. The summed E-state index contributed by atoms with van der Waals surface area (Å²) < 4.78 is 23.3. The van der Waals surface area contributed by atoms with Gasteiger partial charge in [0.05, 0.1) is 6.26 Å². The van der Waals surface area contributed by atoms with Crippen molar-refractivity contribution in [2.45, 2.75) is 18.3 Å². The fourth-order valence-corrected chi connectivity index (χ4v) is 4.09. The summed E-state index contributed by atoms with van der Waals surface area (Å²) in [5, 5.41) is -0.409. The molecule has 1 aliphatic rings. The second-order valence-electron chi connectivity index (χ2n) is 5.68. The number of thioether (sulfide) groups is 1. The van der Waals surface area contributed by atoms with Crippen molar-refractivity contribution in [2.24, 2.45) is 0 Å². The van der Waals surface area contributed by atoms with E-state index in [4.69, 9.17) is 9.15 Å². The van der Waals surface area contributed by atoms with Crippen molar-refractivity contribution in [1.29, 1.82) is 0 Å². The zero-order valence-electron chi connectivity index (χ0n) is 13.9. The molecular formula is C18H16FNO5S. The Hall–Kier alpha value is -2.61. The quantitative estimate of drug-likeness (QED) is 0.589. The number of halogens is 1. The average Bonchev–Trinajstić information content (AvgIpc) is 3.28. The molecule has 2 aromatic rings. The van der Waals surface area contributed by atoms with Crippen LogP contribution in [0.25, 0.3) is 0 Å². The first-order chi connectivity index (χ1) is 12.5. The van der Waals surface area contributed by atoms with Gasteiger partial charge in [0.2, 0.25) is 5.91 Å². The van der Waals surface area contributed by atoms with Gasteiger partial charge in [-0.1, -0.05) is 0 Å². The van der Waals surface area contributed by atoms with Crippen LogP contribution in [-0.4, -0.2) is 41.0 Å². The highest BCUT2D eigenvalue weighted by Crippen LogP contribution is 2.41. The predicted molar refractivity (Wildman–Crippen MR) is 91.9 cm³/mol. The van der Waals surface area contributed by atoms with Gasteiger partial charge in [0.25, 0.3) is 0 Å². The van der Waals surface area contributed by atoms with E-state index in [-0.39, 0.29) is 11.5 Å². The lowest BCUT2D eigenvalue weighted by molar-refractivity contribution is -0.152. The minimum Gasteiger partial charge on any atom is -0.466 e. The molecule has 8 heteroatoms. The Balaban J connectivity index is 1.64. The summed E-state index contributed by atoms with van der Waals surface area (Å²) in [5.74, 6) is -0.930. The molecule has 26 heavy (non-hydrogen) atoms. The minimum absolute atomic E-state index is 0.247. The van der Waals surface area contributed by atoms with Gasteiger partial charge in [-0.25, -0.2) is 9.18 Å². The van der Waals surface area contributed by atoms with Crippen LogP contribution >= 0.6 is 11.8 Å². The highest BCUT2D eigenvalue weighted by atomic mass is 32.2. The summed E-state index contributed by atoms with van der Waals surface area (Å²) in [6, 6.07) is 7.62. The zero-order valence-corrected chi connectivity index (χ0v) is 14.7. The molecule has 1 aromatic heterocycles. The number of esters is 1. The molecule has 2 heterocycles. The number of carbonyl (C=O) groups excluding carboxylic acids is 3. The molecule has 1 aromatic carbocycles. The Kier molecular flexibility index (Phi) is 5.41. The topological polar surface area (TPSA) is 76.8 Å². The number of hydrogen-bond donors (Lipinski definition) is 0. The first-order valence-electron chi connectivity index (χ1n) is 7.86. The average molecular weight is 377 g/mol. The first-order valence-corrected chi connectivity index (χ1v) is 8.91. The van der Waals surface area contributed by atoms with E-state index in [1.165, 1.54) is 42.0 Å². The third-order valence-electron chi connectivity index (χ3n) is 3.93.